The standard InChI is InChI=1S/C26H51NO2/c1-3-5-7-9-11-15-19-23-27-24-20-16-13-14-18-22-26(28)29-25-21-17-12-10-8-6-4-2/h3,27H,1,4-25H2,2H3. The van der Waals surface area contributed by atoms with Crippen LogP contribution in [0.2, 0.25) is 0 Å². The van der Waals surface area contributed by atoms with Crippen molar-refractivity contribution in [3.05, 3.63) is 12.7 Å². The average Bonchev–Trinajstić information content (AvgIpc) is 2.72. The smallest absolute Gasteiger partial charge is 0.305 e. The van der Waals surface area contributed by atoms with Crippen LogP contribution in [0.15, 0.2) is 12.7 Å². The lowest BCUT2D eigenvalue weighted by Gasteiger charge is -2.06. The molecule has 0 aromatic heterocycles. The van der Waals surface area contributed by atoms with Gasteiger partial charge in [-0.25, -0.2) is 0 Å². The van der Waals surface area contributed by atoms with Crippen molar-refractivity contribution in [3.63, 3.8) is 0 Å². The second-order valence-corrected chi connectivity index (χ2v) is 8.45. The molecule has 0 radical (unpaired) electrons. The van der Waals surface area contributed by atoms with Crippen molar-refractivity contribution in [1.82, 2.24) is 5.32 Å². The lowest BCUT2D eigenvalue weighted by atomic mass is 10.1. The fraction of sp³-hybridized carbons (Fsp3) is 0.885. The molecule has 3 heteroatoms. The van der Waals surface area contributed by atoms with E-state index in [-0.39, 0.29) is 5.97 Å². The summed E-state index contributed by atoms with van der Waals surface area (Å²) in [7, 11) is 0. The SMILES string of the molecule is C=CCCCCCCCNCCCCCCCC(=O)OCCCCCCCCC. The summed E-state index contributed by atoms with van der Waals surface area (Å²) in [4.78, 5) is 11.7. The Labute approximate surface area is 182 Å². The van der Waals surface area contributed by atoms with Crippen LogP contribution < -0.4 is 5.32 Å². The molecule has 0 bridgehead atoms. The largest absolute Gasteiger partial charge is 0.466 e. The van der Waals surface area contributed by atoms with Gasteiger partial charge in [0.25, 0.3) is 0 Å². The number of unbranched alkanes of at least 4 members (excludes halogenated alkanes) is 15. The molecule has 0 aliphatic rings. The summed E-state index contributed by atoms with van der Waals surface area (Å²) in [6, 6.07) is 0. The summed E-state index contributed by atoms with van der Waals surface area (Å²) in [5.41, 5.74) is 0. The minimum Gasteiger partial charge on any atom is -0.466 e. The molecule has 0 rings (SSSR count). The molecule has 29 heavy (non-hydrogen) atoms. The predicted octanol–water partition coefficient (Wildman–Crippen LogP) is 7.74. The molecule has 0 aliphatic heterocycles. The molecule has 0 aliphatic carbocycles. The van der Waals surface area contributed by atoms with Crippen LogP contribution in [0.3, 0.4) is 0 Å². The molecule has 0 atom stereocenters. The van der Waals surface area contributed by atoms with Gasteiger partial charge in [-0.3, -0.25) is 4.79 Å². The number of carbonyl (C=O) groups is 1. The van der Waals surface area contributed by atoms with E-state index in [9.17, 15) is 4.79 Å². The first kappa shape index (κ1) is 28.2. The summed E-state index contributed by atoms with van der Waals surface area (Å²) >= 11 is 0. The van der Waals surface area contributed by atoms with Gasteiger partial charge in [0.15, 0.2) is 0 Å². The van der Waals surface area contributed by atoms with Crippen molar-refractivity contribution in [3.8, 4) is 0 Å². The van der Waals surface area contributed by atoms with Crippen molar-refractivity contribution in [1.29, 1.82) is 0 Å². The van der Waals surface area contributed by atoms with Crippen LogP contribution >= 0.6 is 0 Å². The Morgan fingerprint density at radius 2 is 1.24 bits per heavy atom. The zero-order chi connectivity index (χ0) is 21.3. The molecule has 0 unspecified atom stereocenters. The van der Waals surface area contributed by atoms with Gasteiger partial charge in [0.05, 0.1) is 6.61 Å². The number of rotatable bonds is 24. The summed E-state index contributed by atoms with van der Waals surface area (Å²) in [5.74, 6) is 0.00198. The third-order valence-electron chi connectivity index (χ3n) is 5.51. The first-order chi connectivity index (χ1) is 14.3. The molecule has 0 spiro atoms. The Balaban J connectivity index is 3.13. The van der Waals surface area contributed by atoms with Gasteiger partial charge < -0.3 is 10.1 Å². The quantitative estimate of drug-likeness (QED) is 0.101. The molecule has 3 nitrogen and oxygen atoms in total. The Kier molecular flexibility index (Phi) is 24.5. The molecule has 0 fully saturated rings. The van der Waals surface area contributed by atoms with E-state index in [0.717, 1.165) is 32.4 Å². The predicted molar refractivity (Wildman–Crippen MR) is 127 cm³/mol. The molecular formula is C26H51NO2. The van der Waals surface area contributed by atoms with Gasteiger partial charge in [0.2, 0.25) is 0 Å². The molecule has 0 amide bonds. The number of ether oxygens (including phenoxy) is 1. The summed E-state index contributed by atoms with van der Waals surface area (Å²) in [6.45, 7) is 8.92. The van der Waals surface area contributed by atoms with Crippen molar-refractivity contribution in [2.75, 3.05) is 19.7 Å². The number of allylic oxidation sites excluding steroid dienone is 1. The maximum atomic E-state index is 11.7. The zero-order valence-corrected chi connectivity index (χ0v) is 19.7. The van der Waals surface area contributed by atoms with Crippen LogP contribution in [0.25, 0.3) is 0 Å². The van der Waals surface area contributed by atoms with Gasteiger partial charge in [0, 0.05) is 6.42 Å². The van der Waals surface area contributed by atoms with E-state index in [1.165, 1.54) is 96.3 Å². The molecule has 0 saturated carbocycles. The Morgan fingerprint density at radius 3 is 1.86 bits per heavy atom. The number of carbonyl (C=O) groups excluding carboxylic acids is 1. The van der Waals surface area contributed by atoms with Gasteiger partial charge >= 0.3 is 5.97 Å². The highest BCUT2D eigenvalue weighted by atomic mass is 16.5. The van der Waals surface area contributed by atoms with E-state index < -0.39 is 0 Å². The molecule has 0 aromatic rings. The number of nitrogens with one attached hydrogen (secondary N) is 1. The van der Waals surface area contributed by atoms with Crippen LogP contribution in [0.4, 0.5) is 0 Å². The Hall–Kier alpha value is -0.830. The molecular weight excluding hydrogens is 358 g/mol. The molecule has 1 N–H and O–H groups in total. The molecule has 0 saturated heterocycles. The maximum absolute atomic E-state index is 11.7. The normalized spacial score (nSPS) is 10.9. The lowest BCUT2D eigenvalue weighted by Crippen LogP contribution is -2.16. The van der Waals surface area contributed by atoms with Crippen LogP contribution in [-0.4, -0.2) is 25.7 Å². The number of hydrogen-bond acceptors (Lipinski definition) is 3. The number of hydrogen-bond donors (Lipinski definition) is 1. The molecule has 0 heterocycles. The molecule has 172 valence electrons. The van der Waals surface area contributed by atoms with E-state index >= 15 is 0 Å². The van der Waals surface area contributed by atoms with Crippen LogP contribution in [0.5, 0.6) is 0 Å². The monoisotopic (exact) mass is 409 g/mol. The zero-order valence-electron chi connectivity index (χ0n) is 19.7. The van der Waals surface area contributed by atoms with E-state index in [1.54, 1.807) is 0 Å². The minimum absolute atomic E-state index is 0.00198. The summed E-state index contributed by atoms with van der Waals surface area (Å²) < 4.78 is 5.34. The van der Waals surface area contributed by atoms with Crippen LogP contribution in [0.1, 0.15) is 129 Å². The van der Waals surface area contributed by atoms with Crippen LogP contribution in [-0.2, 0) is 9.53 Å². The van der Waals surface area contributed by atoms with Crippen LogP contribution in [0, 0.1) is 0 Å². The molecule has 0 aromatic carbocycles. The van der Waals surface area contributed by atoms with Crippen molar-refractivity contribution >= 4 is 5.97 Å². The summed E-state index contributed by atoms with van der Waals surface area (Å²) in [5, 5.41) is 3.55. The van der Waals surface area contributed by atoms with Gasteiger partial charge in [-0.05, 0) is 51.6 Å². The highest BCUT2D eigenvalue weighted by Gasteiger charge is 2.02. The highest BCUT2D eigenvalue weighted by molar-refractivity contribution is 5.69. The number of esters is 1. The van der Waals surface area contributed by atoms with E-state index in [0.29, 0.717) is 13.0 Å². The van der Waals surface area contributed by atoms with Gasteiger partial charge in [-0.1, -0.05) is 90.0 Å². The topological polar surface area (TPSA) is 38.3 Å². The summed E-state index contributed by atoms with van der Waals surface area (Å²) in [6.07, 6.45) is 25.1. The average molecular weight is 410 g/mol. The van der Waals surface area contributed by atoms with E-state index in [2.05, 4.69) is 18.8 Å². The lowest BCUT2D eigenvalue weighted by molar-refractivity contribution is -0.143. The van der Waals surface area contributed by atoms with E-state index in [1.807, 2.05) is 6.08 Å². The first-order valence-corrected chi connectivity index (χ1v) is 12.8. The first-order valence-electron chi connectivity index (χ1n) is 12.8. The third-order valence-corrected chi connectivity index (χ3v) is 5.51. The van der Waals surface area contributed by atoms with Crippen molar-refractivity contribution in [2.24, 2.45) is 0 Å². The van der Waals surface area contributed by atoms with Gasteiger partial charge in [0.1, 0.15) is 0 Å². The fourth-order valence-electron chi connectivity index (χ4n) is 3.56. The highest BCUT2D eigenvalue weighted by Crippen LogP contribution is 2.09. The Bertz CT molecular complexity index is 344. The third kappa shape index (κ3) is 25.1. The fourth-order valence-corrected chi connectivity index (χ4v) is 3.56. The Morgan fingerprint density at radius 1 is 0.724 bits per heavy atom. The van der Waals surface area contributed by atoms with Crippen molar-refractivity contribution in [2.45, 2.75) is 129 Å². The second kappa shape index (κ2) is 25.2. The second-order valence-electron chi connectivity index (χ2n) is 8.45. The van der Waals surface area contributed by atoms with E-state index in [4.69, 9.17) is 4.74 Å². The minimum atomic E-state index is 0.00198. The van der Waals surface area contributed by atoms with Gasteiger partial charge in [-0.15, -0.1) is 6.58 Å². The maximum Gasteiger partial charge on any atom is 0.305 e. The van der Waals surface area contributed by atoms with Gasteiger partial charge in [-0.2, -0.15) is 0 Å². The van der Waals surface area contributed by atoms with Crippen molar-refractivity contribution < 1.29 is 9.53 Å².